The molecule has 4 aliphatic heterocycles. The SMILES string of the molecule is C=C1CC[C@H]2C(c3ccc(O)cc3)Oc3ccc(O)cc3[C@H]2C1.C=C1CC[C@H]2C(c3ccc(O[Si](C)(C)C(C)(C)C)cc3)Oc3ccc(O[Si](C)(C)C(C)(C)C)cc3[C@H]2C1.CC1CC[C@H]2C(c3ccc(O)cc3)Oc3ccc(O)cc3[C@H]2C1.Cc1ccc2c(c1)[C@H]1C[C@@H](O)CC[C@H]1C(c1ccc(O[Si](C)(C)C(C)(C)C)cc1)O2. The van der Waals surface area contributed by atoms with Crippen LogP contribution < -0.4 is 32.2 Å². The second kappa shape index (κ2) is 32.7. The summed E-state index contributed by atoms with van der Waals surface area (Å²) in [5.74, 6) is 11.5. The monoisotopic (exact) mass is 1580 g/mol. The summed E-state index contributed by atoms with van der Waals surface area (Å²) in [5.41, 5.74) is 13.3. The number of phenolic OH excluding ortho intramolecular Hbond substituents is 4. The molecule has 0 spiro atoms. The molecule has 14 atom stereocenters. The third-order valence-electron chi connectivity index (χ3n) is 27.5. The van der Waals surface area contributed by atoms with E-state index in [2.05, 4.69) is 214 Å². The predicted molar refractivity (Wildman–Crippen MR) is 464 cm³/mol. The molecule has 4 aliphatic carbocycles. The molecule has 0 amide bonds. The van der Waals surface area contributed by atoms with Crippen LogP contribution in [0.25, 0.3) is 0 Å². The van der Waals surface area contributed by atoms with Crippen molar-refractivity contribution in [1.29, 1.82) is 0 Å². The van der Waals surface area contributed by atoms with Crippen LogP contribution in [-0.2, 0) is 0 Å². The Kier molecular flexibility index (Phi) is 23.9. The number of aromatic hydroxyl groups is 4. The van der Waals surface area contributed by atoms with E-state index in [1.807, 2.05) is 48.5 Å². The second-order valence-electron chi connectivity index (χ2n) is 38.7. The van der Waals surface area contributed by atoms with Crippen molar-refractivity contribution in [3.05, 3.63) is 244 Å². The molecule has 4 fully saturated rings. The number of ether oxygens (including phenoxy) is 4. The van der Waals surface area contributed by atoms with Crippen LogP contribution >= 0.6 is 0 Å². The second-order valence-corrected chi connectivity index (χ2v) is 52.9. The van der Waals surface area contributed by atoms with Gasteiger partial charge >= 0.3 is 0 Å². The molecular weight excluding hydrogens is 1450 g/mol. The average molecular weight is 1580 g/mol. The summed E-state index contributed by atoms with van der Waals surface area (Å²) in [6.45, 7) is 47.2. The van der Waals surface area contributed by atoms with Gasteiger partial charge in [0.15, 0.2) is 0 Å². The Bertz CT molecular complexity index is 4660. The zero-order valence-corrected chi connectivity index (χ0v) is 73.2. The van der Waals surface area contributed by atoms with Gasteiger partial charge in [-0.1, -0.05) is 166 Å². The number of phenols is 4. The molecule has 602 valence electrons. The summed E-state index contributed by atoms with van der Waals surface area (Å²) in [6.07, 6.45) is 12.2. The highest BCUT2D eigenvalue weighted by Crippen LogP contribution is 2.59. The molecule has 0 bridgehead atoms. The Morgan fingerprint density at radius 3 is 1.07 bits per heavy atom. The number of benzene rings is 8. The summed E-state index contributed by atoms with van der Waals surface area (Å²) in [5, 5.41) is 49.7. The smallest absolute Gasteiger partial charge is 0.250 e. The van der Waals surface area contributed by atoms with E-state index in [1.165, 1.54) is 45.4 Å². The normalized spacial score (nSPS) is 25.6. The largest absolute Gasteiger partial charge is 0.544 e. The van der Waals surface area contributed by atoms with Gasteiger partial charge in [0.1, 0.15) is 87.7 Å². The van der Waals surface area contributed by atoms with E-state index in [1.54, 1.807) is 36.4 Å². The van der Waals surface area contributed by atoms with Crippen molar-refractivity contribution in [3.63, 3.8) is 0 Å². The molecule has 0 aromatic heterocycles. The number of aryl methyl sites for hydroxylation is 1. The van der Waals surface area contributed by atoms with Gasteiger partial charge in [-0.2, -0.15) is 0 Å². The van der Waals surface area contributed by atoms with Crippen LogP contribution in [0, 0.1) is 36.5 Å². The lowest BCUT2D eigenvalue weighted by atomic mass is 9.67. The summed E-state index contributed by atoms with van der Waals surface area (Å²) in [7, 11) is -5.64. The molecule has 4 heterocycles. The van der Waals surface area contributed by atoms with Crippen LogP contribution in [0.3, 0.4) is 0 Å². The summed E-state index contributed by atoms with van der Waals surface area (Å²) < 4.78 is 45.6. The fourth-order valence-corrected chi connectivity index (χ4v) is 21.0. The van der Waals surface area contributed by atoms with Gasteiger partial charge in [-0.25, -0.2) is 0 Å². The van der Waals surface area contributed by atoms with Gasteiger partial charge in [-0.05, 0) is 299 Å². The molecule has 0 saturated heterocycles. The molecule has 5 N–H and O–H groups in total. The Balaban J connectivity index is 0.000000134. The number of aliphatic hydroxyl groups excluding tert-OH is 1. The summed E-state index contributed by atoms with van der Waals surface area (Å²) in [6, 6.07) is 55.7. The van der Waals surface area contributed by atoms with E-state index in [4.69, 9.17) is 32.2 Å². The van der Waals surface area contributed by atoms with Crippen LogP contribution in [0.4, 0.5) is 0 Å². The first-order valence-electron chi connectivity index (χ1n) is 41.7. The molecule has 15 heteroatoms. The van der Waals surface area contributed by atoms with E-state index < -0.39 is 25.0 Å². The van der Waals surface area contributed by atoms with Crippen LogP contribution in [0.2, 0.25) is 54.4 Å². The first kappa shape index (κ1) is 82.6. The van der Waals surface area contributed by atoms with Crippen LogP contribution in [0.5, 0.6) is 63.2 Å². The lowest BCUT2D eigenvalue weighted by Crippen LogP contribution is -2.44. The highest BCUT2D eigenvalue weighted by Gasteiger charge is 2.48. The lowest BCUT2D eigenvalue weighted by Gasteiger charge is -2.44. The Labute approximate surface area is 677 Å². The molecule has 4 saturated carbocycles. The predicted octanol–water partition coefficient (Wildman–Crippen LogP) is 26.2. The molecule has 16 rings (SSSR count). The number of hydrogen-bond acceptors (Lipinski definition) is 12. The van der Waals surface area contributed by atoms with Gasteiger partial charge < -0.3 is 57.8 Å². The van der Waals surface area contributed by atoms with Crippen LogP contribution in [-0.4, -0.2) is 56.6 Å². The topological polar surface area (TPSA) is 166 Å². The summed E-state index contributed by atoms with van der Waals surface area (Å²) in [4.78, 5) is 0. The van der Waals surface area contributed by atoms with Crippen molar-refractivity contribution in [3.8, 4) is 63.2 Å². The van der Waals surface area contributed by atoms with Crippen molar-refractivity contribution in [2.75, 3.05) is 0 Å². The Morgan fingerprint density at radius 2 is 0.664 bits per heavy atom. The maximum absolute atomic E-state index is 10.4. The number of hydrogen-bond donors (Lipinski definition) is 5. The van der Waals surface area contributed by atoms with Crippen LogP contribution in [0.1, 0.15) is 244 Å². The number of aliphatic hydroxyl groups is 1. The van der Waals surface area contributed by atoms with Crippen molar-refractivity contribution in [2.24, 2.45) is 29.6 Å². The number of allylic oxidation sites excluding steroid dienone is 2. The van der Waals surface area contributed by atoms with E-state index in [-0.39, 0.29) is 62.9 Å². The van der Waals surface area contributed by atoms with Crippen LogP contribution in [0.15, 0.2) is 194 Å². The zero-order chi connectivity index (χ0) is 81.0. The van der Waals surface area contributed by atoms with Gasteiger partial charge in [0.2, 0.25) is 25.0 Å². The van der Waals surface area contributed by atoms with E-state index in [0.29, 0.717) is 59.0 Å². The van der Waals surface area contributed by atoms with Gasteiger partial charge in [-0.3, -0.25) is 0 Å². The van der Waals surface area contributed by atoms with E-state index in [9.17, 15) is 25.5 Å². The highest BCUT2D eigenvalue weighted by atomic mass is 28.4. The lowest BCUT2D eigenvalue weighted by molar-refractivity contribution is 0.0207. The number of fused-ring (bicyclic) bond motifs is 12. The molecule has 0 radical (unpaired) electrons. The first-order chi connectivity index (χ1) is 53.3. The minimum atomic E-state index is -1.92. The molecule has 12 nitrogen and oxygen atoms in total. The minimum Gasteiger partial charge on any atom is -0.544 e. The average Bonchev–Trinajstić information content (AvgIpc) is 0.746. The Hall–Kier alpha value is -8.35. The molecule has 5 unspecified atom stereocenters. The molecular formula is C98H126O12Si3. The van der Waals surface area contributed by atoms with Crippen molar-refractivity contribution in [1.82, 2.24) is 0 Å². The van der Waals surface area contributed by atoms with Gasteiger partial charge in [-0.15, -0.1) is 0 Å². The fraction of sp³-hybridized carbons (Fsp3) is 0.469. The summed E-state index contributed by atoms with van der Waals surface area (Å²) >= 11 is 0. The quantitative estimate of drug-likeness (QED) is 0.0651. The van der Waals surface area contributed by atoms with E-state index >= 15 is 0 Å². The third-order valence-corrected chi connectivity index (χ3v) is 40.5. The first-order valence-corrected chi connectivity index (χ1v) is 50.4. The van der Waals surface area contributed by atoms with Crippen molar-refractivity contribution in [2.45, 2.75) is 262 Å². The highest BCUT2D eigenvalue weighted by molar-refractivity contribution is 6.75. The van der Waals surface area contributed by atoms with E-state index in [0.717, 1.165) is 133 Å². The molecule has 8 aromatic rings. The zero-order valence-electron chi connectivity index (χ0n) is 70.2. The maximum Gasteiger partial charge on any atom is 0.250 e. The minimum absolute atomic E-state index is 0.0187. The van der Waals surface area contributed by atoms with Gasteiger partial charge in [0.25, 0.3) is 0 Å². The van der Waals surface area contributed by atoms with Crippen molar-refractivity contribution < 1.29 is 57.8 Å². The fourth-order valence-electron chi connectivity index (χ4n) is 17.9. The Morgan fingerprint density at radius 1 is 0.354 bits per heavy atom. The molecule has 113 heavy (non-hydrogen) atoms. The molecule has 8 aromatic carbocycles. The maximum atomic E-state index is 10.4. The third kappa shape index (κ3) is 18.3. The standard InChI is InChI=1S/C32H48O3Si2.C26H36O3Si.C20H22O3.C20H20O3/c1-22-12-18-26-27(20-22)28-21-25(35-37(10,11)32(5,6)7)17-19-29(28)33-30(26)23-13-15-24(16-14-23)34-36(8,9)31(2,3)4;1-17-7-14-24-23(15-17)22-16-19(27)10-13-21(22)25(28-24)18-8-11-20(12-9-18)29-30(5,6)26(2,3)4;2*1-12-2-8-16-17(10-12)18-11-15(22)7-9-19(18)23-20(16)13-3-5-14(21)6-4-13/h13-17,19,21,26-27,30H,1,12,18,20H2,2-11H3;7-9,11-12,14-15,19,21-22,25,27H,10,13,16H2,1-6H3;3-7,9,11-12,16-17,20-22H,2,8,10H2,1H3;3-7,9,11,16-17,20-22H,1-2,8,10H2/t26-,27+,30?;19-,21+,22-,25?;12?,16-,17+,20?;16-,17+,20?/m1011/s1. The van der Waals surface area contributed by atoms with Gasteiger partial charge in [0, 0.05) is 40.4 Å². The van der Waals surface area contributed by atoms with Crippen molar-refractivity contribution >= 4 is 25.0 Å². The molecule has 8 aliphatic rings. The van der Waals surface area contributed by atoms with Gasteiger partial charge in [0.05, 0.1) is 6.10 Å². The number of rotatable bonds is 10.